The number of hydrogen-bond donors (Lipinski definition) is 2. The lowest BCUT2D eigenvalue weighted by atomic mass is 9.79. The second-order valence-electron chi connectivity index (χ2n) is 6.21. The molecule has 0 unspecified atom stereocenters. The molecular weight excluding hydrogens is 250 g/mol. The van der Waals surface area contributed by atoms with E-state index in [4.69, 9.17) is 0 Å². The maximum atomic E-state index is 11.3. The van der Waals surface area contributed by atoms with Crippen LogP contribution in [0.2, 0.25) is 0 Å². The summed E-state index contributed by atoms with van der Waals surface area (Å²) < 4.78 is 22.6. The molecule has 2 rings (SSSR count). The predicted octanol–water partition coefficient (Wildman–Crippen LogP) is 1.09. The second-order valence-corrected chi connectivity index (χ2v) is 8.52. The van der Waals surface area contributed by atoms with Crippen molar-refractivity contribution in [2.24, 2.45) is 5.92 Å². The molecule has 1 aliphatic heterocycles. The molecule has 2 fully saturated rings. The van der Waals surface area contributed by atoms with Crippen LogP contribution in [0, 0.1) is 5.92 Å². The molecule has 0 radical (unpaired) electrons. The summed E-state index contributed by atoms with van der Waals surface area (Å²) >= 11 is 0. The number of sulfone groups is 1. The highest BCUT2D eigenvalue weighted by molar-refractivity contribution is 7.91. The molecule has 1 heterocycles. The highest BCUT2D eigenvalue weighted by atomic mass is 32.2. The van der Waals surface area contributed by atoms with Gasteiger partial charge in [-0.05, 0) is 44.4 Å². The maximum Gasteiger partial charge on any atom is 0.150 e. The van der Waals surface area contributed by atoms with Crippen molar-refractivity contribution in [1.29, 1.82) is 0 Å². The summed E-state index contributed by atoms with van der Waals surface area (Å²) in [6.07, 6.45) is 5.30. The first kappa shape index (κ1) is 14.3. The largest absolute Gasteiger partial charge is 0.389 e. The molecule has 0 aromatic rings. The molecule has 2 N–H and O–H groups in total. The Hall–Kier alpha value is -0.130. The zero-order valence-electron chi connectivity index (χ0n) is 11.2. The average molecular weight is 275 g/mol. The first-order valence-electron chi connectivity index (χ1n) is 7.05. The Bertz CT molecular complexity index is 358. The summed E-state index contributed by atoms with van der Waals surface area (Å²) in [6, 6.07) is 0.261. The van der Waals surface area contributed by atoms with E-state index in [1.165, 1.54) is 0 Å². The molecule has 1 aliphatic carbocycles. The molecule has 0 spiro atoms. The molecule has 106 valence electrons. The molecule has 0 atom stereocenters. The SMILES string of the molecule is CC1CCC(O)(CNC2CCS(=O)(=O)CC2)CC1. The minimum Gasteiger partial charge on any atom is -0.389 e. The van der Waals surface area contributed by atoms with Gasteiger partial charge < -0.3 is 10.4 Å². The molecule has 18 heavy (non-hydrogen) atoms. The van der Waals surface area contributed by atoms with Crippen LogP contribution in [0.15, 0.2) is 0 Å². The van der Waals surface area contributed by atoms with Crippen molar-refractivity contribution >= 4 is 9.84 Å². The standard InChI is InChI=1S/C13H25NO3S/c1-11-2-6-13(15,7-3-11)10-14-12-4-8-18(16,17)9-5-12/h11-12,14-15H,2-10H2,1H3. The van der Waals surface area contributed by atoms with Gasteiger partial charge >= 0.3 is 0 Å². The van der Waals surface area contributed by atoms with Crippen molar-refractivity contribution in [1.82, 2.24) is 5.32 Å². The minimum absolute atomic E-state index is 0.261. The second kappa shape index (κ2) is 5.47. The van der Waals surface area contributed by atoms with Crippen LogP contribution in [0.4, 0.5) is 0 Å². The Morgan fingerprint density at radius 1 is 1.17 bits per heavy atom. The van der Waals surface area contributed by atoms with Gasteiger partial charge in [-0.15, -0.1) is 0 Å². The van der Waals surface area contributed by atoms with Crippen LogP contribution in [-0.2, 0) is 9.84 Å². The van der Waals surface area contributed by atoms with Gasteiger partial charge in [-0.1, -0.05) is 6.92 Å². The predicted molar refractivity (Wildman–Crippen MR) is 72.3 cm³/mol. The first-order valence-corrected chi connectivity index (χ1v) is 8.87. The van der Waals surface area contributed by atoms with Gasteiger partial charge in [0.15, 0.2) is 0 Å². The summed E-state index contributed by atoms with van der Waals surface area (Å²) in [5, 5.41) is 13.8. The van der Waals surface area contributed by atoms with Gasteiger partial charge in [0.25, 0.3) is 0 Å². The van der Waals surface area contributed by atoms with E-state index in [2.05, 4.69) is 12.2 Å². The Morgan fingerprint density at radius 2 is 1.72 bits per heavy atom. The van der Waals surface area contributed by atoms with Crippen molar-refractivity contribution in [3.8, 4) is 0 Å². The van der Waals surface area contributed by atoms with Crippen molar-refractivity contribution in [3.05, 3.63) is 0 Å². The molecule has 0 aromatic carbocycles. The van der Waals surface area contributed by atoms with E-state index in [-0.39, 0.29) is 6.04 Å². The third-order valence-electron chi connectivity index (χ3n) is 4.48. The van der Waals surface area contributed by atoms with Crippen LogP contribution in [0.5, 0.6) is 0 Å². The molecule has 1 saturated heterocycles. The van der Waals surface area contributed by atoms with Crippen molar-refractivity contribution in [2.75, 3.05) is 18.1 Å². The van der Waals surface area contributed by atoms with Crippen molar-refractivity contribution in [2.45, 2.75) is 57.1 Å². The smallest absolute Gasteiger partial charge is 0.150 e. The molecule has 2 aliphatic rings. The highest BCUT2D eigenvalue weighted by Gasteiger charge is 2.33. The van der Waals surface area contributed by atoms with Gasteiger partial charge in [0.2, 0.25) is 0 Å². The maximum absolute atomic E-state index is 11.3. The molecule has 5 heteroatoms. The van der Waals surface area contributed by atoms with E-state index < -0.39 is 15.4 Å². The number of hydrogen-bond acceptors (Lipinski definition) is 4. The van der Waals surface area contributed by atoms with E-state index >= 15 is 0 Å². The van der Waals surface area contributed by atoms with E-state index in [0.29, 0.717) is 30.9 Å². The Morgan fingerprint density at radius 3 is 2.28 bits per heavy atom. The molecule has 0 amide bonds. The molecule has 1 saturated carbocycles. The fourth-order valence-electron chi connectivity index (χ4n) is 2.90. The molecule has 4 nitrogen and oxygen atoms in total. The monoisotopic (exact) mass is 275 g/mol. The lowest BCUT2D eigenvalue weighted by molar-refractivity contribution is -0.00835. The van der Waals surface area contributed by atoms with Crippen LogP contribution >= 0.6 is 0 Å². The van der Waals surface area contributed by atoms with Gasteiger partial charge in [-0.2, -0.15) is 0 Å². The van der Waals surface area contributed by atoms with Crippen LogP contribution in [0.1, 0.15) is 45.4 Å². The summed E-state index contributed by atoms with van der Waals surface area (Å²) in [4.78, 5) is 0. The highest BCUT2D eigenvalue weighted by Crippen LogP contribution is 2.31. The fraction of sp³-hybridized carbons (Fsp3) is 1.00. The third kappa shape index (κ3) is 3.93. The summed E-state index contributed by atoms with van der Waals surface area (Å²) in [5.74, 6) is 1.31. The molecular formula is C13H25NO3S. The zero-order valence-corrected chi connectivity index (χ0v) is 12.0. The summed E-state index contributed by atoms with van der Waals surface area (Å²) in [6.45, 7) is 2.85. The Labute approximate surface area is 110 Å². The average Bonchev–Trinajstić information content (AvgIpc) is 2.32. The van der Waals surface area contributed by atoms with Crippen molar-refractivity contribution in [3.63, 3.8) is 0 Å². The number of nitrogens with one attached hydrogen (secondary N) is 1. The minimum atomic E-state index is -2.78. The normalized spacial score (nSPS) is 37.6. The van der Waals surface area contributed by atoms with Gasteiger partial charge in [0.05, 0.1) is 17.1 Å². The molecule has 0 bridgehead atoms. The van der Waals surface area contributed by atoms with Gasteiger partial charge in [0, 0.05) is 12.6 Å². The Balaban J connectivity index is 1.75. The summed E-state index contributed by atoms with van der Waals surface area (Å²) in [5.41, 5.74) is -0.567. The van der Waals surface area contributed by atoms with E-state index in [9.17, 15) is 13.5 Å². The number of aliphatic hydroxyl groups is 1. The molecule has 0 aromatic heterocycles. The third-order valence-corrected chi connectivity index (χ3v) is 6.19. The zero-order chi connectivity index (χ0) is 13.2. The van der Waals surface area contributed by atoms with Gasteiger partial charge in [-0.25, -0.2) is 8.42 Å². The lowest BCUT2D eigenvalue weighted by Gasteiger charge is -2.36. The van der Waals surface area contributed by atoms with E-state index in [1.54, 1.807) is 0 Å². The van der Waals surface area contributed by atoms with Crippen molar-refractivity contribution < 1.29 is 13.5 Å². The summed E-state index contributed by atoms with van der Waals surface area (Å²) in [7, 11) is -2.78. The fourth-order valence-corrected chi connectivity index (χ4v) is 4.40. The van der Waals surface area contributed by atoms with Crippen LogP contribution in [0.25, 0.3) is 0 Å². The number of rotatable bonds is 3. The van der Waals surface area contributed by atoms with E-state index in [0.717, 1.165) is 31.6 Å². The van der Waals surface area contributed by atoms with E-state index in [1.807, 2.05) is 0 Å². The van der Waals surface area contributed by atoms with Gasteiger partial charge in [0.1, 0.15) is 9.84 Å². The topological polar surface area (TPSA) is 66.4 Å². The lowest BCUT2D eigenvalue weighted by Crippen LogP contribution is -2.48. The van der Waals surface area contributed by atoms with Crippen LogP contribution < -0.4 is 5.32 Å². The Kier molecular flexibility index (Phi) is 4.34. The van der Waals surface area contributed by atoms with Crippen LogP contribution in [-0.4, -0.2) is 43.2 Å². The van der Waals surface area contributed by atoms with Crippen LogP contribution in [0.3, 0.4) is 0 Å². The van der Waals surface area contributed by atoms with Gasteiger partial charge in [-0.3, -0.25) is 0 Å². The quantitative estimate of drug-likeness (QED) is 0.809. The first-order chi connectivity index (χ1) is 8.39.